The maximum atomic E-state index is 12.7. The molecular formula is C17H30N2O. The lowest BCUT2D eigenvalue weighted by atomic mass is 9.86. The van der Waals surface area contributed by atoms with Gasteiger partial charge < -0.3 is 10.2 Å². The van der Waals surface area contributed by atoms with Gasteiger partial charge in [-0.2, -0.15) is 0 Å². The average molecular weight is 278 g/mol. The minimum absolute atomic E-state index is 0.463. The number of hydrogen-bond donors (Lipinski definition) is 1. The molecule has 1 heterocycles. The molecule has 114 valence electrons. The lowest BCUT2D eigenvalue weighted by Gasteiger charge is -2.32. The molecule has 3 rings (SSSR count). The van der Waals surface area contributed by atoms with Gasteiger partial charge in [-0.1, -0.05) is 19.3 Å². The van der Waals surface area contributed by atoms with E-state index in [-0.39, 0.29) is 0 Å². The van der Waals surface area contributed by atoms with Crippen molar-refractivity contribution < 1.29 is 4.79 Å². The van der Waals surface area contributed by atoms with Crippen LogP contribution < -0.4 is 5.32 Å². The van der Waals surface area contributed by atoms with Gasteiger partial charge in [-0.25, -0.2) is 0 Å². The molecular weight excluding hydrogens is 248 g/mol. The molecule has 3 aliphatic rings. The van der Waals surface area contributed by atoms with Crippen LogP contribution in [0.15, 0.2) is 0 Å². The van der Waals surface area contributed by atoms with Crippen molar-refractivity contribution in [1.29, 1.82) is 0 Å². The van der Waals surface area contributed by atoms with Crippen LogP contribution in [0.1, 0.15) is 64.2 Å². The number of carbonyl (C=O) groups excluding carboxylic acids is 1. The minimum atomic E-state index is 0.463. The minimum Gasteiger partial charge on any atom is -0.339 e. The predicted molar refractivity (Wildman–Crippen MR) is 81.5 cm³/mol. The monoisotopic (exact) mass is 278 g/mol. The summed E-state index contributed by atoms with van der Waals surface area (Å²) in [7, 11) is 0. The molecule has 3 nitrogen and oxygen atoms in total. The average Bonchev–Trinajstić information content (AvgIpc) is 3.31. The Bertz CT molecular complexity index is 315. The Morgan fingerprint density at radius 1 is 0.950 bits per heavy atom. The summed E-state index contributed by atoms with van der Waals surface area (Å²) in [5.74, 6) is 1.84. The van der Waals surface area contributed by atoms with Gasteiger partial charge in [0.15, 0.2) is 0 Å². The number of carbonyl (C=O) groups is 1. The quantitative estimate of drug-likeness (QED) is 0.838. The molecule has 3 fully saturated rings. The van der Waals surface area contributed by atoms with Crippen LogP contribution in [0.5, 0.6) is 0 Å². The van der Waals surface area contributed by atoms with Gasteiger partial charge in [0.25, 0.3) is 0 Å². The Morgan fingerprint density at radius 2 is 1.70 bits per heavy atom. The van der Waals surface area contributed by atoms with E-state index in [1.807, 2.05) is 0 Å². The second-order valence-corrected chi connectivity index (χ2v) is 7.20. The molecule has 1 aliphatic heterocycles. The Hall–Kier alpha value is -0.570. The van der Waals surface area contributed by atoms with Crippen molar-refractivity contribution in [3.05, 3.63) is 0 Å². The standard InChI is InChI=1S/C17H30N2O/c20-17(11-14-5-2-1-3-6-14)19(16-8-9-16)13-15-7-4-10-18-12-15/h14-16,18H,1-13H2. The van der Waals surface area contributed by atoms with Crippen LogP contribution in [0.3, 0.4) is 0 Å². The smallest absolute Gasteiger partial charge is 0.223 e. The van der Waals surface area contributed by atoms with Crippen molar-refractivity contribution >= 4 is 5.91 Å². The first kappa shape index (κ1) is 14.4. The Kier molecular flexibility index (Phi) is 4.98. The van der Waals surface area contributed by atoms with Gasteiger partial charge in [0.05, 0.1) is 0 Å². The van der Waals surface area contributed by atoms with E-state index >= 15 is 0 Å². The van der Waals surface area contributed by atoms with Gasteiger partial charge >= 0.3 is 0 Å². The number of hydrogen-bond acceptors (Lipinski definition) is 2. The molecule has 3 heteroatoms. The maximum Gasteiger partial charge on any atom is 0.223 e. The van der Waals surface area contributed by atoms with E-state index in [0.717, 1.165) is 26.1 Å². The fourth-order valence-corrected chi connectivity index (χ4v) is 3.95. The van der Waals surface area contributed by atoms with Crippen LogP contribution in [-0.2, 0) is 4.79 Å². The summed E-state index contributed by atoms with van der Waals surface area (Å²) < 4.78 is 0. The summed E-state index contributed by atoms with van der Waals surface area (Å²) in [6, 6.07) is 0.591. The first-order chi connectivity index (χ1) is 9.83. The van der Waals surface area contributed by atoms with Crippen LogP contribution in [0.25, 0.3) is 0 Å². The highest BCUT2D eigenvalue weighted by Crippen LogP contribution is 2.32. The molecule has 0 aromatic carbocycles. The van der Waals surface area contributed by atoms with Crippen molar-refractivity contribution in [2.75, 3.05) is 19.6 Å². The summed E-state index contributed by atoms with van der Waals surface area (Å²) >= 11 is 0. The van der Waals surface area contributed by atoms with Crippen molar-refractivity contribution in [3.63, 3.8) is 0 Å². The third kappa shape index (κ3) is 3.97. The molecule has 1 unspecified atom stereocenters. The van der Waals surface area contributed by atoms with Crippen molar-refractivity contribution in [1.82, 2.24) is 10.2 Å². The highest BCUT2D eigenvalue weighted by atomic mass is 16.2. The van der Waals surface area contributed by atoms with E-state index in [4.69, 9.17) is 0 Å². The molecule has 0 aromatic rings. The van der Waals surface area contributed by atoms with Crippen molar-refractivity contribution in [2.24, 2.45) is 11.8 Å². The van der Waals surface area contributed by atoms with Gasteiger partial charge in [-0.3, -0.25) is 4.79 Å². The second-order valence-electron chi connectivity index (χ2n) is 7.20. The first-order valence-electron chi connectivity index (χ1n) is 8.83. The number of amides is 1. The summed E-state index contributed by atoms with van der Waals surface area (Å²) in [5, 5.41) is 3.48. The van der Waals surface area contributed by atoms with E-state index in [1.165, 1.54) is 57.8 Å². The van der Waals surface area contributed by atoms with E-state index in [0.29, 0.717) is 23.8 Å². The highest BCUT2D eigenvalue weighted by molar-refractivity contribution is 5.77. The second kappa shape index (κ2) is 6.93. The summed E-state index contributed by atoms with van der Waals surface area (Å²) in [6.07, 6.45) is 12.5. The predicted octanol–water partition coefficient (Wildman–Crippen LogP) is 2.95. The van der Waals surface area contributed by atoms with Crippen molar-refractivity contribution in [3.8, 4) is 0 Å². The summed E-state index contributed by atoms with van der Waals surface area (Å²) in [6.45, 7) is 3.29. The van der Waals surface area contributed by atoms with Crippen LogP contribution in [0.2, 0.25) is 0 Å². The summed E-state index contributed by atoms with van der Waals surface area (Å²) in [5.41, 5.74) is 0. The summed E-state index contributed by atoms with van der Waals surface area (Å²) in [4.78, 5) is 14.9. The largest absolute Gasteiger partial charge is 0.339 e. The molecule has 2 aliphatic carbocycles. The van der Waals surface area contributed by atoms with E-state index < -0.39 is 0 Å². The van der Waals surface area contributed by atoms with Crippen LogP contribution in [-0.4, -0.2) is 36.5 Å². The molecule has 1 amide bonds. The maximum absolute atomic E-state index is 12.7. The first-order valence-corrected chi connectivity index (χ1v) is 8.83. The van der Waals surface area contributed by atoms with Crippen LogP contribution in [0, 0.1) is 11.8 Å². The Labute approximate surface area is 123 Å². The third-order valence-electron chi connectivity index (χ3n) is 5.35. The Morgan fingerprint density at radius 3 is 2.35 bits per heavy atom. The number of nitrogens with one attached hydrogen (secondary N) is 1. The lowest BCUT2D eigenvalue weighted by Crippen LogP contribution is -2.42. The number of rotatable bonds is 5. The molecule has 1 atom stereocenters. The zero-order chi connectivity index (χ0) is 13.8. The zero-order valence-corrected chi connectivity index (χ0v) is 12.8. The molecule has 20 heavy (non-hydrogen) atoms. The SMILES string of the molecule is O=C(CC1CCCCC1)N(CC1CCCNC1)C1CC1. The fraction of sp³-hybridized carbons (Fsp3) is 0.941. The molecule has 2 saturated carbocycles. The van der Waals surface area contributed by atoms with E-state index in [1.54, 1.807) is 0 Å². The van der Waals surface area contributed by atoms with E-state index in [2.05, 4.69) is 10.2 Å². The van der Waals surface area contributed by atoms with Gasteiger partial charge in [0.2, 0.25) is 5.91 Å². The van der Waals surface area contributed by atoms with Crippen LogP contribution >= 0.6 is 0 Å². The Balaban J connectivity index is 1.51. The molecule has 0 bridgehead atoms. The normalized spacial score (nSPS) is 28.3. The van der Waals surface area contributed by atoms with Crippen LogP contribution in [0.4, 0.5) is 0 Å². The zero-order valence-electron chi connectivity index (χ0n) is 12.8. The van der Waals surface area contributed by atoms with Gasteiger partial charge in [-0.15, -0.1) is 0 Å². The topological polar surface area (TPSA) is 32.3 Å². The van der Waals surface area contributed by atoms with Gasteiger partial charge in [0.1, 0.15) is 0 Å². The van der Waals surface area contributed by atoms with Gasteiger partial charge in [0, 0.05) is 19.0 Å². The molecule has 1 saturated heterocycles. The van der Waals surface area contributed by atoms with Gasteiger partial charge in [-0.05, 0) is 63.5 Å². The lowest BCUT2D eigenvalue weighted by molar-refractivity contribution is -0.133. The third-order valence-corrected chi connectivity index (χ3v) is 5.35. The fourth-order valence-electron chi connectivity index (χ4n) is 3.95. The molecule has 1 N–H and O–H groups in total. The molecule has 0 radical (unpaired) electrons. The van der Waals surface area contributed by atoms with Crippen molar-refractivity contribution in [2.45, 2.75) is 70.3 Å². The molecule has 0 aromatic heterocycles. The number of piperidine rings is 1. The molecule has 0 spiro atoms. The number of nitrogens with zero attached hydrogens (tertiary/aromatic N) is 1. The highest BCUT2D eigenvalue weighted by Gasteiger charge is 2.34. The van der Waals surface area contributed by atoms with E-state index in [9.17, 15) is 4.79 Å².